The third kappa shape index (κ3) is 3.44. The van der Waals surface area contributed by atoms with Crippen LogP contribution in [-0.2, 0) is 14.9 Å². The van der Waals surface area contributed by atoms with Crippen LogP contribution in [0.4, 0.5) is 5.69 Å². The van der Waals surface area contributed by atoms with Crippen LogP contribution in [0.1, 0.15) is 29.5 Å². The van der Waals surface area contributed by atoms with Crippen molar-refractivity contribution < 1.29 is 14.3 Å². The lowest BCUT2D eigenvalue weighted by molar-refractivity contribution is -0.125. The van der Waals surface area contributed by atoms with Gasteiger partial charge < -0.3 is 14.8 Å². The normalized spacial score (nSPS) is 16.2. The smallest absolute Gasteiger partial charge is 0.235 e. The Kier molecular flexibility index (Phi) is 5.54. The van der Waals surface area contributed by atoms with Gasteiger partial charge >= 0.3 is 0 Å². The molecule has 2 aromatic carbocycles. The van der Waals surface area contributed by atoms with E-state index in [9.17, 15) is 4.79 Å². The van der Waals surface area contributed by atoms with Gasteiger partial charge in [-0.3, -0.25) is 4.79 Å². The summed E-state index contributed by atoms with van der Waals surface area (Å²) in [4.78, 5) is 13.4. The Bertz CT molecular complexity index is 790. The Morgan fingerprint density at radius 1 is 1.15 bits per heavy atom. The molecule has 138 valence electrons. The first-order valence-corrected chi connectivity index (χ1v) is 9.15. The van der Waals surface area contributed by atoms with Crippen LogP contribution in [0.15, 0.2) is 36.4 Å². The highest BCUT2D eigenvalue weighted by Gasteiger charge is 2.43. The van der Waals surface area contributed by atoms with Crippen molar-refractivity contribution in [3.05, 3.63) is 58.1 Å². The molecule has 1 N–H and O–H groups in total. The maximum atomic E-state index is 13.4. The lowest BCUT2D eigenvalue weighted by Crippen LogP contribution is -2.45. The van der Waals surface area contributed by atoms with Crippen LogP contribution in [0.3, 0.4) is 0 Å². The molecule has 26 heavy (non-hydrogen) atoms. The lowest BCUT2D eigenvalue weighted by atomic mass is 9.73. The molecule has 4 nitrogen and oxygen atoms in total. The molecule has 0 bridgehead atoms. The standard InChI is InChI=1S/C21H24ClNO3/c1-14-12-16(13-15(2)19(14)25-3)23-20(24)21(8-10-26-11-9-21)17-6-4-5-7-18(17)22/h4-7,12-13H,8-11H2,1-3H3,(H,23,24). The number of nitrogens with one attached hydrogen (secondary N) is 1. The predicted molar refractivity (Wildman–Crippen MR) is 104 cm³/mol. The van der Waals surface area contributed by atoms with E-state index >= 15 is 0 Å². The monoisotopic (exact) mass is 373 g/mol. The summed E-state index contributed by atoms with van der Waals surface area (Å²) in [5.41, 5.74) is 2.93. The molecule has 0 unspecified atom stereocenters. The topological polar surface area (TPSA) is 47.6 Å². The van der Waals surface area contributed by atoms with Gasteiger partial charge in [-0.25, -0.2) is 0 Å². The number of hydrogen-bond donors (Lipinski definition) is 1. The Labute approximate surface area is 159 Å². The largest absolute Gasteiger partial charge is 0.496 e. The molecule has 0 atom stereocenters. The van der Waals surface area contributed by atoms with Gasteiger partial charge in [0.05, 0.1) is 12.5 Å². The number of aryl methyl sites for hydroxylation is 2. The summed E-state index contributed by atoms with van der Waals surface area (Å²) in [7, 11) is 1.65. The summed E-state index contributed by atoms with van der Waals surface area (Å²) in [5, 5.41) is 3.72. The van der Waals surface area contributed by atoms with Gasteiger partial charge in [-0.1, -0.05) is 29.8 Å². The van der Waals surface area contributed by atoms with Gasteiger partial charge in [-0.15, -0.1) is 0 Å². The molecule has 1 aliphatic rings. The number of hydrogen-bond acceptors (Lipinski definition) is 3. The Morgan fingerprint density at radius 3 is 2.35 bits per heavy atom. The molecule has 2 aromatic rings. The van der Waals surface area contributed by atoms with Crippen LogP contribution >= 0.6 is 11.6 Å². The fourth-order valence-corrected chi connectivity index (χ4v) is 4.10. The Morgan fingerprint density at radius 2 is 1.77 bits per heavy atom. The first-order chi connectivity index (χ1) is 12.5. The number of carbonyl (C=O) groups excluding carboxylic acids is 1. The van der Waals surface area contributed by atoms with Gasteiger partial charge in [-0.05, 0) is 61.6 Å². The second-order valence-electron chi connectivity index (χ2n) is 6.77. The molecule has 0 spiro atoms. The minimum absolute atomic E-state index is 0.0436. The molecule has 1 fully saturated rings. The average Bonchev–Trinajstić information content (AvgIpc) is 2.62. The van der Waals surface area contributed by atoms with Crippen molar-refractivity contribution in [1.82, 2.24) is 0 Å². The SMILES string of the molecule is COc1c(C)cc(NC(=O)C2(c3ccccc3Cl)CCOCC2)cc1C. The van der Waals surface area contributed by atoms with Crippen LogP contribution in [-0.4, -0.2) is 26.2 Å². The van der Waals surface area contributed by atoms with Crippen molar-refractivity contribution in [3.63, 3.8) is 0 Å². The molecular weight excluding hydrogens is 350 g/mol. The van der Waals surface area contributed by atoms with Crippen molar-refractivity contribution in [2.75, 3.05) is 25.6 Å². The Balaban J connectivity index is 1.96. The number of halogens is 1. The number of methoxy groups -OCH3 is 1. The summed E-state index contributed by atoms with van der Waals surface area (Å²) >= 11 is 6.45. The lowest BCUT2D eigenvalue weighted by Gasteiger charge is -2.36. The molecule has 0 radical (unpaired) electrons. The van der Waals surface area contributed by atoms with Gasteiger partial charge in [0, 0.05) is 23.9 Å². The van der Waals surface area contributed by atoms with Gasteiger partial charge in [0.1, 0.15) is 5.75 Å². The number of carbonyl (C=O) groups is 1. The summed E-state index contributed by atoms with van der Waals surface area (Å²) in [5.74, 6) is 0.799. The molecule has 5 heteroatoms. The highest BCUT2D eigenvalue weighted by atomic mass is 35.5. The molecule has 1 aliphatic heterocycles. The molecule has 3 rings (SSSR count). The van der Waals surface area contributed by atoms with E-state index in [1.54, 1.807) is 7.11 Å². The summed E-state index contributed by atoms with van der Waals surface area (Å²) in [6.07, 6.45) is 1.22. The van der Waals surface area contributed by atoms with Crippen molar-refractivity contribution in [3.8, 4) is 5.75 Å². The second kappa shape index (κ2) is 7.68. The zero-order valence-corrected chi connectivity index (χ0v) is 16.2. The molecular formula is C21H24ClNO3. The average molecular weight is 374 g/mol. The van der Waals surface area contributed by atoms with E-state index in [-0.39, 0.29) is 5.91 Å². The first-order valence-electron chi connectivity index (χ1n) is 8.77. The highest BCUT2D eigenvalue weighted by molar-refractivity contribution is 6.31. The first kappa shape index (κ1) is 18.7. The molecule has 1 saturated heterocycles. The van der Waals surface area contributed by atoms with Gasteiger partial charge in [-0.2, -0.15) is 0 Å². The van der Waals surface area contributed by atoms with Crippen molar-refractivity contribution in [2.45, 2.75) is 32.1 Å². The van der Waals surface area contributed by atoms with Crippen molar-refractivity contribution in [2.24, 2.45) is 0 Å². The maximum Gasteiger partial charge on any atom is 0.235 e. The summed E-state index contributed by atoms with van der Waals surface area (Å²) in [6, 6.07) is 11.5. The fraction of sp³-hybridized carbons (Fsp3) is 0.381. The zero-order chi connectivity index (χ0) is 18.7. The van der Waals surface area contributed by atoms with Crippen molar-refractivity contribution in [1.29, 1.82) is 0 Å². The predicted octanol–water partition coefficient (Wildman–Crippen LogP) is 4.65. The van der Waals surface area contributed by atoms with E-state index in [1.165, 1.54) is 0 Å². The van der Waals surface area contributed by atoms with Gasteiger partial charge in [0.25, 0.3) is 0 Å². The summed E-state index contributed by atoms with van der Waals surface area (Å²) in [6.45, 7) is 5.03. The van der Waals surface area contributed by atoms with Crippen LogP contribution in [0.5, 0.6) is 5.75 Å². The van der Waals surface area contributed by atoms with Crippen molar-refractivity contribution >= 4 is 23.2 Å². The quantitative estimate of drug-likeness (QED) is 0.848. The highest BCUT2D eigenvalue weighted by Crippen LogP contribution is 2.40. The molecule has 1 amide bonds. The number of anilines is 1. The van der Waals surface area contributed by atoms with E-state index in [1.807, 2.05) is 50.2 Å². The minimum atomic E-state index is -0.682. The third-order valence-electron chi connectivity index (χ3n) is 5.09. The molecule has 0 saturated carbocycles. The zero-order valence-electron chi connectivity index (χ0n) is 15.4. The second-order valence-corrected chi connectivity index (χ2v) is 7.18. The van der Waals surface area contributed by atoms with E-state index in [4.69, 9.17) is 21.1 Å². The van der Waals surface area contributed by atoms with E-state index in [0.29, 0.717) is 31.1 Å². The van der Waals surface area contributed by atoms with Crippen LogP contribution in [0.2, 0.25) is 5.02 Å². The molecule has 1 heterocycles. The fourth-order valence-electron chi connectivity index (χ4n) is 3.78. The van der Waals surface area contributed by atoms with Crippen LogP contribution in [0.25, 0.3) is 0 Å². The maximum absolute atomic E-state index is 13.4. The van der Waals surface area contributed by atoms with Crippen LogP contribution in [0, 0.1) is 13.8 Å². The minimum Gasteiger partial charge on any atom is -0.496 e. The number of benzene rings is 2. The van der Waals surface area contributed by atoms with Gasteiger partial charge in [0.2, 0.25) is 5.91 Å². The number of rotatable bonds is 4. The van der Waals surface area contributed by atoms with Crippen LogP contribution < -0.4 is 10.1 Å². The van der Waals surface area contributed by atoms with E-state index in [2.05, 4.69) is 5.32 Å². The molecule has 0 aliphatic carbocycles. The van der Waals surface area contributed by atoms with E-state index < -0.39 is 5.41 Å². The number of amides is 1. The summed E-state index contributed by atoms with van der Waals surface area (Å²) < 4.78 is 10.9. The number of ether oxygens (including phenoxy) is 2. The van der Waals surface area contributed by atoms with Gasteiger partial charge in [0.15, 0.2) is 0 Å². The van der Waals surface area contributed by atoms with E-state index in [0.717, 1.165) is 28.1 Å². The molecule has 0 aromatic heterocycles. The Hall–Kier alpha value is -2.04. The third-order valence-corrected chi connectivity index (χ3v) is 5.42.